The normalized spacial score (nSPS) is 13.1. The summed E-state index contributed by atoms with van der Waals surface area (Å²) in [6.07, 6.45) is 2.69. The third-order valence-corrected chi connectivity index (χ3v) is 15.9. The van der Waals surface area contributed by atoms with Gasteiger partial charge in [0.2, 0.25) is 0 Å². The summed E-state index contributed by atoms with van der Waals surface area (Å²) in [7, 11) is 0. The lowest BCUT2D eigenvalue weighted by molar-refractivity contribution is 0.270. The summed E-state index contributed by atoms with van der Waals surface area (Å²) in [5, 5.41) is 26.1. The Morgan fingerprint density at radius 1 is 0.549 bits per heavy atom. The zero-order valence-electron chi connectivity index (χ0n) is 38.2. The largest absolute Gasteiger partial charge is 0.379 e. The molecule has 0 saturated carbocycles. The van der Waals surface area contributed by atoms with Gasteiger partial charge in [-0.2, -0.15) is 0 Å². The van der Waals surface area contributed by atoms with Crippen molar-refractivity contribution in [3.8, 4) is 0 Å². The molecule has 2 heterocycles. The Kier molecular flexibility index (Phi) is 33.1. The van der Waals surface area contributed by atoms with Crippen molar-refractivity contribution in [3.05, 3.63) is 172 Å². The highest BCUT2D eigenvalue weighted by molar-refractivity contribution is 9.10. The van der Waals surface area contributed by atoms with Crippen LogP contribution in [-0.2, 0) is 42.3 Å². The lowest BCUT2D eigenvalue weighted by Gasteiger charge is -2.27. The van der Waals surface area contributed by atoms with Gasteiger partial charge in [-0.3, -0.25) is 20.6 Å². The van der Waals surface area contributed by atoms with Crippen LogP contribution in [0.15, 0.2) is 128 Å². The first-order valence-corrected chi connectivity index (χ1v) is 28.2. The Labute approximate surface area is 490 Å². The van der Waals surface area contributed by atoms with E-state index < -0.39 is 0 Å². The number of hydrogen-bond donors (Lipinski definition) is 7. The van der Waals surface area contributed by atoms with Crippen molar-refractivity contribution >= 4 is 168 Å². The number of nitrogens with one attached hydrogen (secondary N) is 4. The maximum atomic E-state index is 7.21. The van der Waals surface area contributed by atoms with Gasteiger partial charge in [0.1, 0.15) is 0 Å². The maximum Gasteiger partial charge on any atom is 0.159 e. The Balaban J connectivity index is 0.000000475. The number of rotatable bonds is 16. The quantitative estimate of drug-likeness (QED) is 0.0369. The Morgan fingerprint density at radius 3 is 1.30 bits per heavy atom. The summed E-state index contributed by atoms with van der Waals surface area (Å²) in [6, 6.07) is 36.4. The average molecular weight is 1360 g/mol. The van der Waals surface area contributed by atoms with Crippen molar-refractivity contribution in [1.82, 2.24) is 20.4 Å². The molecular formula is C49H62Br4Cl3N11S4. The van der Waals surface area contributed by atoms with Gasteiger partial charge >= 0.3 is 0 Å². The molecule has 22 heteroatoms. The van der Waals surface area contributed by atoms with Crippen molar-refractivity contribution in [3.63, 3.8) is 0 Å². The molecule has 0 amide bonds. The lowest BCUT2D eigenvalue weighted by atomic mass is 10.1. The van der Waals surface area contributed by atoms with Crippen molar-refractivity contribution < 1.29 is 0 Å². The highest BCUT2D eigenvalue weighted by Crippen LogP contribution is 2.28. The lowest BCUT2D eigenvalue weighted by Crippen LogP contribution is -2.42. The molecule has 0 atom stereocenters. The van der Waals surface area contributed by atoms with Gasteiger partial charge in [-0.25, -0.2) is 9.98 Å². The summed E-state index contributed by atoms with van der Waals surface area (Å²) in [4.78, 5) is 14.2. The Bertz CT molecular complexity index is 2500. The van der Waals surface area contributed by atoms with E-state index in [4.69, 9.17) is 72.8 Å². The number of hydrogen-bond acceptors (Lipinski definition) is 13. The van der Waals surface area contributed by atoms with E-state index in [0.29, 0.717) is 31.4 Å². The molecule has 7 rings (SSSR count). The van der Waals surface area contributed by atoms with Crippen molar-refractivity contribution in [2.45, 2.75) is 49.7 Å². The maximum absolute atomic E-state index is 7.21. The molecule has 2 aliphatic rings. The van der Waals surface area contributed by atoms with Gasteiger partial charge in [0.15, 0.2) is 20.7 Å². The van der Waals surface area contributed by atoms with Gasteiger partial charge in [-0.1, -0.05) is 188 Å². The number of nitrogens with zero attached hydrogens (tertiary/aromatic N) is 4. The van der Waals surface area contributed by atoms with E-state index in [1.54, 1.807) is 23.5 Å². The second-order valence-corrected chi connectivity index (χ2v) is 22.2. The molecule has 0 aromatic heterocycles. The van der Waals surface area contributed by atoms with Gasteiger partial charge < -0.3 is 27.8 Å². The fourth-order valence-electron chi connectivity index (χ4n) is 6.55. The SMILES string of the molecule is Br.Br.C.Clc1ccccc1CCN1CN=C(SCc2ccc(Br)cc2CSC2=NCN(CCc3ccccc3Cl)CN2)NC1.N=C(N)SCc1ccc(Br)cc1CSC(=N)N.NCCc1ccccc1Cl. The predicted octanol–water partition coefficient (Wildman–Crippen LogP) is 13.4. The fraction of sp³-hybridized carbons (Fsp3) is 0.306. The zero-order chi connectivity index (χ0) is 48.7. The van der Waals surface area contributed by atoms with Crippen LogP contribution in [0.5, 0.6) is 0 Å². The minimum absolute atomic E-state index is 0. The van der Waals surface area contributed by atoms with E-state index >= 15 is 0 Å². The number of nitrogens with two attached hydrogens (primary N) is 3. The number of aliphatic imine (C=N–C) groups is 2. The molecule has 5 aromatic carbocycles. The van der Waals surface area contributed by atoms with E-state index in [-0.39, 0.29) is 51.7 Å². The van der Waals surface area contributed by atoms with Crippen LogP contribution in [0.4, 0.5) is 0 Å². The third kappa shape index (κ3) is 24.5. The highest BCUT2D eigenvalue weighted by Gasteiger charge is 2.17. The van der Waals surface area contributed by atoms with Crippen LogP contribution in [0.2, 0.25) is 15.1 Å². The fourth-order valence-corrected chi connectivity index (χ4v) is 11.0. The third-order valence-electron chi connectivity index (χ3n) is 10.3. The van der Waals surface area contributed by atoms with Crippen LogP contribution in [0.25, 0.3) is 0 Å². The standard InChI is InChI=1S/C30H33BrCl2N6S2.C10H13BrN4S2.C8H10ClN.CH4.2BrH/c31-26-10-9-24(16-40-29-34-18-38(19-35-29)13-11-22-5-1-3-7-27(22)32)25(15-26)17-41-30-36-20-39(21-37-30)14-12-23-6-2-4-8-28(23)33;11-8-2-1-6(4-16-9(12)13)7(3-8)5-17-10(14)15;9-8-4-2-1-3-7(8)5-6-10;;;/h1-10,15H,11-14,16-21H2,(H,34,35)(H,36,37);1-3H,4-5H2,(H3,12,13)(H3,14,15);1-4H,5-6,10H2;1H4;2*1H. The van der Waals surface area contributed by atoms with Crippen LogP contribution >= 0.6 is 148 Å². The molecule has 0 bridgehead atoms. The minimum atomic E-state index is 0. The summed E-state index contributed by atoms with van der Waals surface area (Å²) >= 11 is 31.6. The van der Waals surface area contributed by atoms with E-state index in [1.807, 2.05) is 78.9 Å². The molecule has 0 unspecified atom stereocenters. The van der Waals surface area contributed by atoms with Crippen LogP contribution in [0, 0.1) is 10.8 Å². The molecule has 0 fully saturated rings. The monoisotopic (exact) mass is 1350 g/mol. The van der Waals surface area contributed by atoms with E-state index in [2.05, 4.69) is 82.6 Å². The van der Waals surface area contributed by atoms with E-state index in [1.165, 1.54) is 45.8 Å². The molecule has 0 spiro atoms. The van der Waals surface area contributed by atoms with Gasteiger partial charge in [-0.05, 0) is 107 Å². The molecule has 2 aliphatic heterocycles. The van der Waals surface area contributed by atoms with E-state index in [9.17, 15) is 0 Å². The van der Waals surface area contributed by atoms with Crippen molar-refractivity contribution in [2.24, 2.45) is 27.2 Å². The molecule has 71 heavy (non-hydrogen) atoms. The summed E-state index contributed by atoms with van der Waals surface area (Å²) in [5.74, 6) is 3.04. The van der Waals surface area contributed by atoms with Gasteiger partial charge in [-0.15, -0.1) is 34.0 Å². The predicted molar refractivity (Wildman–Crippen MR) is 333 cm³/mol. The molecule has 10 N–H and O–H groups in total. The van der Waals surface area contributed by atoms with E-state index in [0.717, 1.165) is 108 Å². The van der Waals surface area contributed by atoms with Crippen LogP contribution in [0.3, 0.4) is 0 Å². The summed E-state index contributed by atoms with van der Waals surface area (Å²) < 4.78 is 2.08. The van der Waals surface area contributed by atoms with Gasteiger partial charge in [0.25, 0.3) is 0 Å². The molecule has 0 saturated heterocycles. The summed E-state index contributed by atoms with van der Waals surface area (Å²) in [5.41, 5.74) is 24.3. The van der Waals surface area contributed by atoms with Crippen molar-refractivity contribution in [2.75, 3.05) is 46.3 Å². The first-order chi connectivity index (χ1) is 32.9. The first kappa shape index (κ1) is 65.2. The smallest absolute Gasteiger partial charge is 0.159 e. The van der Waals surface area contributed by atoms with Crippen molar-refractivity contribution in [1.29, 1.82) is 10.8 Å². The molecule has 386 valence electrons. The Hall–Kier alpha value is -1.95. The Morgan fingerprint density at radius 2 is 0.915 bits per heavy atom. The molecule has 0 aliphatic carbocycles. The van der Waals surface area contributed by atoms with Crippen LogP contribution in [-0.4, -0.2) is 76.8 Å². The number of benzene rings is 5. The van der Waals surface area contributed by atoms with Gasteiger partial charge in [0, 0.05) is 60.1 Å². The zero-order valence-corrected chi connectivity index (χ0v) is 50.3. The highest BCUT2D eigenvalue weighted by atomic mass is 79.9. The summed E-state index contributed by atoms with van der Waals surface area (Å²) in [6.45, 7) is 5.47. The minimum Gasteiger partial charge on any atom is -0.379 e. The van der Waals surface area contributed by atoms with Crippen LogP contribution < -0.4 is 27.8 Å². The topological polar surface area (TPSA) is 181 Å². The van der Waals surface area contributed by atoms with Gasteiger partial charge in [0.05, 0.1) is 26.7 Å². The molecular weight excluding hydrogens is 1300 g/mol. The molecule has 0 radical (unpaired) electrons. The molecule has 5 aromatic rings. The average Bonchev–Trinajstić information content (AvgIpc) is 3.33. The second kappa shape index (κ2) is 36.1. The number of thioether (sulfide) groups is 4. The first-order valence-electron chi connectivity index (χ1n) is 21.5. The second-order valence-electron chi connectivity index (χ2n) is 15.2. The number of halogens is 7. The van der Waals surface area contributed by atoms with Crippen LogP contribution in [0.1, 0.15) is 46.4 Å². The number of amidine groups is 4. The molecule has 11 nitrogen and oxygen atoms in total.